The summed E-state index contributed by atoms with van der Waals surface area (Å²) in [7, 11) is 3.03. The second-order valence-corrected chi connectivity index (χ2v) is 5.65. The van der Waals surface area contributed by atoms with Crippen LogP contribution in [0.15, 0.2) is 42.5 Å². The summed E-state index contributed by atoms with van der Waals surface area (Å²) in [4.78, 5) is 23.3. The predicted octanol–water partition coefficient (Wildman–Crippen LogP) is 3.53. The Labute approximate surface area is 146 Å². The van der Waals surface area contributed by atoms with Gasteiger partial charge in [-0.2, -0.15) is 0 Å². The number of nitrogens with one attached hydrogen (secondary N) is 1. The molecule has 1 unspecified atom stereocenters. The summed E-state index contributed by atoms with van der Waals surface area (Å²) >= 11 is 0. The lowest BCUT2D eigenvalue weighted by atomic mass is 9.97. The number of hydrogen-bond donors (Lipinski definition) is 2. The second-order valence-electron chi connectivity index (χ2n) is 5.65. The third-order valence-corrected chi connectivity index (χ3v) is 3.88. The molecule has 2 aromatic rings. The zero-order valence-corrected chi connectivity index (χ0v) is 14.4. The monoisotopic (exact) mass is 343 g/mol. The van der Waals surface area contributed by atoms with Gasteiger partial charge in [0.15, 0.2) is 0 Å². The Morgan fingerprint density at radius 2 is 1.88 bits per heavy atom. The van der Waals surface area contributed by atoms with Gasteiger partial charge in [-0.15, -0.1) is 0 Å². The van der Waals surface area contributed by atoms with E-state index in [1.807, 2.05) is 31.2 Å². The van der Waals surface area contributed by atoms with Gasteiger partial charge in [0, 0.05) is 6.42 Å². The molecule has 0 radical (unpaired) electrons. The molecular formula is C19H21NO5. The molecule has 1 amide bonds. The summed E-state index contributed by atoms with van der Waals surface area (Å²) in [6.45, 7) is 1.96. The molecule has 6 nitrogen and oxygen atoms in total. The van der Waals surface area contributed by atoms with Gasteiger partial charge >= 0.3 is 5.97 Å². The highest BCUT2D eigenvalue weighted by atomic mass is 16.5. The molecule has 0 aliphatic heterocycles. The number of benzene rings is 2. The Morgan fingerprint density at radius 3 is 2.52 bits per heavy atom. The van der Waals surface area contributed by atoms with Crippen molar-refractivity contribution in [2.75, 3.05) is 19.5 Å². The van der Waals surface area contributed by atoms with Crippen molar-refractivity contribution < 1.29 is 24.2 Å². The molecule has 0 aliphatic rings. The van der Waals surface area contributed by atoms with E-state index in [2.05, 4.69) is 5.32 Å². The number of aromatic carboxylic acids is 1. The summed E-state index contributed by atoms with van der Waals surface area (Å²) in [5.74, 6) is -0.183. The molecule has 0 fully saturated rings. The van der Waals surface area contributed by atoms with E-state index in [0.29, 0.717) is 11.4 Å². The zero-order chi connectivity index (χ0) is 18.4. The summed E-state index contributed by atoms with van der Waals surface area (Å²) in [5.41, 5.74) is 1.54. The van der Waals surface area contributed by atoms with Gasteiger partial charge in [-0.1, -0.05) is 19.1 Å². The molecule has 0 spiro atoms. The van der Waals surface area contributed by atoms with E-state index in [1.165, 1.54) is 25.3 Å². The summed E-state index contributed by atoms with van der Waals surface area (Å²) < 4.78 is 10.4. The first-order valence-corrected chi connectivity index (χ1v) is 7.79. The molecule has 0 saturated carbocycles. The van der Waals surface area contributed by atoms with Crippen molar-refractivity contribution in [3.8, 4) is 11.5 Å². The lowest BCUT2D eigenvalue weighted by molar-refractivity contribution is -0.116. The van der Waals surface area contributed by atoms with Crippen molar-refractivity contribution in [3.63, 3.8) is 0 Å². The topological polar surface area (TPSA) is 84.9 Å². The third-order valence-electron chi connectivity index (χ3n) is 3.88. The van der Waals surface area contributed by atoms with Crippen molar-refractivity contribution in [1.29, 1.82) is 0 Å². The number of carbonyl (C=O) groups excluding carboxylic acids is 1. The van der Waals surface area contributed by atoms with Crippen molar-refractivity contribution in [2.45, 2.75) is 19.3 Å². The van der Waals surface area contributed by atoms with Crippen LogP contribution in [0.1, 0.15) is 35.2 Å². The van der Waals surface area contributed by atoms with Gasteiger partial charge in [-0.25, -0.2) is 4.79 Å². The number of carboxylic acid groups (broad SMARTS) is 1. The van der Waals surface area contributed by atoms with E-state index in [1.54, 1.807) is 7.11 Å². The number of rotatable bonds is 7. The van der Waals surface area contributed by atoms with Crippen molar-refractivity contribution in [3.05, 3.63) is 53.6 Å². The van der Waals surface area contributed by atoms with Gasteiger partial charge in [0.05, 0.1) is 25.5 Å². The van der Waals surface area contributed by atoms with Gasteiger partial charge in [0.25, 0.3) is 0 Å². The van der Waals surface area contributed by atoms with Gasteiger partial charge in [0.2, 0.25) is 5.91 Å². The molecule has 0 aliphatic carbocycles. The first-order chi connectivity index (χ1) is 11.9. The minimum atomic E-state index is -1.05. The molecule has 0 aromatic heterocycles. The Kier molecular flexibility index (Phi) is 6.00. The second kappa shape index (κ2) is 8.19. The molecule has 1 atom stereocenters. The Bertz CT molecular complexity index is 772. The van der Waals surface area contributed by atoms with Crippen LogP contribution >= 0.6 is 0 Å². The van der Waals surface area contributed by atoms with Crippen LogP contribution in [0.2, 0.25) is 0 Å². The number of amides is 1. The Morgan fingerprint density at radius 1 is 1.12 bits per heavy atom. The van der Waals surface area contributed by atoms with E-state index < -0.39 is 5.97 Å². The molecular weight excluding hydrogens is 322 g/mol. The fourth-order valence-electron chi connectivity index (χ4n) is 2.47. The highest BCUT2D eigenvalue weighted by molar-refractivity contribution is 5.94. The average Bonchev–Trinajstić information content (AvgIpc) is 2.61. The SMILES string of the molecule is COc1cccc(C(C)CC(=O)Nc2ccc(C(=O)O)cc2OC)c1. The van der Waals surface area contributed by atoms with Crippen molar-refractivity contribution in [2.24, 2.45) is 0 Å². The van der Waals surface area contributed by atoms with Crippen LogP contribution in [0, 0.1) is 0 Å². The van der Waals surface area contributed by atoms with Crippen LogP contribution in [-0.4, -0.2) is 31.2 Å². The van der Waals surface area contributed by atoms with Gasteiger partial charge < -0.3 is 19.9 Å². The minimum Gasteiger partial charge on any atom is -0.497 e. The number of carbonyl (C=O) groups is 2. The molecule has 6 heteroatoms. The van der Waals surface area contributed by atoms with E-state index in [0.717, 1.165) is 11.3 Å². The fourth-order valence-corrected chi connectivity index (χ4v) is 2.47. The lowest BCUT2D eigenvalue weighted by Gasteiger charge is -2.15. The first kappa shape index (κ1) is 18.3. The first-order valence-electron chi connectivity index (χ1n) is 7.79. The van der Waals surface area contributed by atoms with Gasteiger partial charge in [0.1, 0.15) is 11.5 Å². The lowest BCUT2D eigenvalue weighted by Crippen LogP contribution is -2.15. The minimum absolute atomic E-state index is 0.000567. The third kappa shape index (κ3) is 4.73. The molecule has 0 bridgehead atoms. The van der Waals surface area contributed by atoms with Crippen LogP contribution in [0.5, 0.6) is 11.5 Å². The maximum absolute atomic E-state index is 12.3. The predicted molar refractivity (Wildman–Crippen MR) is 94.6 cm³/mol. The Hall–Kier alpha value is -3.02. The van der Waals surface area contributed by atoms with Crippen LogP contribution in [0.4, 0.5) is 5.69 Å². The van der Waals surface area contributed by atoms with Crippen molar-refractivity contribution >= 4 is 17.6 Å². The molecule has 25 heavy (non-hydrogen) atoms. The van der Waals surface area contributed by atoms with Crippen LogP contribution in [0.3, 0.4) is 0 Å². The molecule has 2 rings (SSSR count). The number of carboxylic acids is 1. The largest absolute Gasteiger partial charge is 0.497 e. The molecule has 2 aromatic carbocycles. The van der Waals surface area contributed by atoms with E-state index in [-0.39, 0.29) is 23.8 Å². The zero-order valence-electron chi connectivity index (χ0n) is 14.4. The van der Waals surface area contributed by atoms with Crippen LogP contribution < -0.4 is 14.8 Å². The molecule has 0 saturated heterocycles. The summed E-state index contributed by atoms with van der Waals surface area (Å²) in [5, 5.41) is 11.8. The summed E-state index contributed by atoms with van der Waals surface area (Å²) in [6, 6.07) is 11.9. The average molecular weight is 343 g/mol. The highest BCUT2D eigenvalue weighted by Gasteiger charge is 2.15. The highest BCUT2D eigenvalue weighted by Crippen LogP contribution is 2.27. The number of hydrogen-bond acceptors (Lipinski definition) is 4. The normalized spacial score (nSPS) is 11.5. The quantitative estimate of drug-likeness (QED) is 0.803. The van der Waals surface area contributed by atoms with Crippen LogP contribution in [0.25, 0.3) is 0 Å². The van der Waals surface area contributed by atoms with E-state index in [4.69, 9.17) is 14.6 Å². The van der Waals surface area contributed by atoms with E-state index in [9.17, 15) is 9.59 Å². The van der Waals surface area contributed by atoms with E-state index >= 15 is 0 Å². The fraction of sp³-hybridized carbons (Fsp3) is 0.263. The molecule has 2 N–H and O–H groups in total. The Balaban J connectivity index is 2.07. The maximum atomic E-state index is 12.3. The summed E-state index contributed by atoms with van der Waals surface area (Å²) in [6.07, 6.45) is 0.275. The van der Waals surface area contributed by atoms with Gasteiger partial charge in [-0.05, 0) is 41.8 Å². The number of methoxy groups -OCH3 is 2. The molecule has 132 valence electrons. The van der Waals surface area contributed by atoms with Crippen molar-refractivity contribution in [1.82, 2.24) is 0 Å². The maximum Gasteiger partial charge on any atom is 0.335 e. The number of anilines is 1. The number of ether oxygens (including phenoxy) is 2. The standard InChI is InChI=1S/C19H21NO5/c1-12(13-5-4-6-15(10-13)24-2)9-18(21)20-16-8-7-14(19(22)23)11-17(16)25-3/h4-8,10-12H,9H2,1-3H3,(H,20,21)(H,22,23). The van der Waals surface area contributed by atoms with Gasteiger partial charge in [-0.3, -0.25) is 4.79 Å². The smallest absolute Gasteiger partial charge is 0.335 e. The van der Waals surface area contributed by atoms with Crippen LogP contribution in [-0.2, 0) is 4.79 Å². The molecule has 0 heterocycles.